The van der Waals surface area contributed by atoms with Crippen molar-refractivity contribution in [2.24, 2.45) is 5.41 Å². The molecule has 1 N–H and O–H groups in total. The maximum atomic E-state index is 8.53. The van der Waals surface area contributed by atoms with Gasteiger partial charge in [-0.1, -0.05) is 33.0 Å². The minimum atomic E-state index is -0.00984. The fourth-order valence-corrected chi connectivity index (χ4v) is 0.237. The summed E-state index contributed by atoms with van der Waals surface area (Å²) in [5, 5.41) is 8.53. The molecule has 0 saturated heterocycles. The first-order chi connectivity index (χ1) is 3.48. The van der Waals surface area contributed by atoms with Crippen molar-refractivity contribution in [3.8, 4) is 0 Å². The molecule has 0 radical (unpaired) electrons. The van der Waals surface area contributed by atoms with E-state index in [2.05, 4.69) is 0 Å². The van der Waals surface area contributed by atoms with Crippen LogP contribution in [0.2, 0.25) is 0 Å². The Morgan fingerprint density at radius 1 is 1.50 bits per heavy atom. The third-order valence-corrected chi connectivity index (χ3v) is 1.72. The van der Waals surface area contributed by atoms with Gasteiger partial charge in [0, 0.05) is 4.86 Å². The highest BCUT2D eigenvalue weighted by atomic mass is 32.1. The van der Waals surface area contributed by atoms with E-state index >= 15 is 0 Å². The molecule has 0 atom stereocenters. The molecule has 2 heteroatoms. The molecule has 0 amide bonds. The van der Waals surface area contributed by atoms with E-state index in [4.69, 9.17) is 17.3 Å². The van der Waals surface area contributed by atoms with E-state index in [0.29, 0.717) is 0 Å². The second-order valence-electron chi connectivity index (χ2n) is 2.83. The van der Waals surface area contributed by atoms with Crippen LogP contribution in [0.25, 0.3) is 0 Å². The first-order valence-electron chi connectivity index (χ1n) is 2.62. The van der Waals surface area contributed by atoms with Gasteiger partial charge in [0.15, 0.2) is 0 Å². The largest absolute Gasteiger partial charge is 0.391 e. The lowest BCUT2D eigenvalue weighted by molar-refractivity contribution is 0.346. The maximum absolute atomic E-state index is 8.53. The van der Waals surface area contributed by atoms with Crippen molar-refractivity contribution in [1.82, 2.24) is 0 Å². The van der Waals surface area contributed by atoms with Crippen molar-refractivity contribution in [2.75, 3.05) is 6.61 Å². The Hall–Kier alpha value is 0.0500. The van der Waals surface area contributed by atoms with E-state index in [-0.39, 0.29) is 12.0 Å². The van der Waals surface area contributed by atoms with Crippen LogP contribution < -0.4 is 0 Å². The number of hydrogen-bond acceptors (Lipinski definition) is 2. The van der Waals surface area contributed by atoms with Gasteiger partial charge in [-0.05, 0) is 5.41 Å². The monoisotopic (exact) mass is 132 g/mol. The number of aliphatic hydroxyl groups excluding tert-OH is 1. The van der Waals surface area contributed by atoms with E-state index in [1.54, 1.807) is 0 Å². The molecule has 0 aliphatic carbocycles. The average Bonchev–Trinajstić information content (AvgIpc) is 1.62. The van der Waals surface area contributed by atoms with Gasteiger partial charge in [0.1, 0.15) is 0 Å². The fourth-order valence-electron chi connectivity index (χ4n) is 0.237. The smallest absolute Gasteiger partial charge is 0.0749 e. The third-order valence-electron chi connectivity index (χ3n) is 0.980. The predicted octanol–water partition coefficient (Wildman–Crippen LogP) is 1.39. The highest BCUT2D eigenvalue weighted by molar-refractivity contribution is 7.80. The van der Waals surface area contributed by atoms with Gasteiger partial charge >= 0.3 is 0 Å². The van der Waals surface area contributed by atoms with Crippen molar-refractivity contribution in [2.45, 2.75) is 20.8 Å². The quantitative estimate of drug-likeness (QED) is 0.544. The molecule has 0 rings (SSSR count). The summed E-state index contributed by atoms with van der Waals surface area (Å²) < 4.78 is 0. The molecule has 0 unspecified atom stereocenters. The molecular weight excluding hydrogens is 120 g/mol. The van der Waals surface area contributed by atoms with Gasteiger partial charge < -0.3 is 5.11 Å². The number of aliphatic hydroxyl groups is 1. The summed E-state index contributed by atoms with van der Waals surface area (Å²) in [6, 6.07) is 0. The molecule has 0 aromatic carbocycles. The molecule has 0 fully saturated rings. The zero-order valence-corrected chi connectivity index (χ0v) is 6.38. The molecule has 0 heterocycles. The van der Waals surface area contributed by atoms with E-state index < -0.39 is 0 Å². The fraction of sp³-hybridized carbons (Fsp3) is 0.833. The van der Waals surface area contributed by atoms with E-state index in [0.717, 1.165) is 4.86 Å². The summed E-state index contributed by atoms with van der Waals surface area (Å²) in [5.41, 5.74) is -0.00984. The molecule has 0 spiro atoms. The van der Waals surface area contributed by atoms with Gasteiger partial charge in [0.2, 0.25) is 0 Å². The zero-order valence-electron chi connectivity index (χ0n) is 5.56. The van der Waals surface area contributed by atoms with Gasteiger partial charge in [0.05, 0.1) is 6.61 Å². The Morgan fingerprint density at radius 3 is 1.88 bits per heavy atom. The summed E-state index contributed by atoms with van der Waals surface area (Å²) in [5.74, 6) is 0. The number of hydrogen-bond donors (Lipinski definition) is 1. The highest BCUT2D eigenvalue weighted by Gasteiger charge is 2.14. The van der Waals surface area contributed by atoms with Crippen LogP contribution in [-0.2, 0) is 0 Å². The molecule has 0 bridgehead atoms. The summed E-state index contributed by atoms with van der Waals surface area (Å²) >= 11 is 4.84. The van der Waals surface area contributed by atoms with Gasteiger partial charge in [-0.25, -0.2) is 0 Å². The van der Waals surface area contributed by atoms with Crippen LogP contribution in [0.1, 0.15) is 20.8 Å². The number of thiocarbonyl (C=S) groups is 1. The standard InChI is InChI=1S/C6H12OS/c1-6(2,3)5(8)4-7/h7H,4H2,1-3H3. The van der Waals surface area contributed by atoms with Gasteiger partial charge in [-0.15, -0.1) is 0 Å². The minimum absolute atomic E-state index is 0.00984. The molecule has 0 aromatic heterocycles. The molecular formula is C6H12OS. The molecule has 8 heavy (non-hydrogen) atoms. The topological polar surface area (TPSA) is 20.2 Å². The summed E-state index contributed by atoms with van der Waals surface area (Å²) in [4.78, 5) is 0.720. The Morgan fingerprint density at radius 2 is 1.88 bits per heavy atom. The minimum Gasteiger partial charge on any atom is -0.391 e. The van der Waals surface area contributed by atoms with Crippen LogP contribution in [0.5, 0.6) is 0 Å². The second-order valence-corrected chi connectivity index (χ2v) is 3.32. The lowest BCUT2D eigenvalue weighted by atomic mass is 9.93. The SMILES string of the molecule is CC(C)(C)C(=S)CO. The predicted molar refractivity (Wildman–Crippen MR) is 39.1 cm³/mol. The van der Waals surface area contributed by atoms with Crippen LogP contribution in [0, 0.1) is 5.41 Å². The molecule has 0 aromatic rings. The van der Waals surface area contributed by atoms with Crippen LogP contribution in [0.3, 0.4) is 0 Å². The Balaban J connectivity index is 3.82. The zero-order chi connectivity index (χ0) is 6.78. The van der Waals surface area contributed by atoms with Crippen LogP contribution >= 0.6 is 12.2 Å². The van der Waals surface area contributed by atoms with E-state index in [9.17, 15) is 0 Å². The van der Waals surface area contributed by atoms with E-state index in [1.165, 1.54) is 0 Å². The summed E-state index contributed by atoms with van der Waals surface area (Å²) in [7, 11) is 0. The van der Waals surface area contributed by atoms with Crippen molar-refractivity contribution in [1.29, 1.82) is 0 Å². The van der Waals surface area contributed by atoms with Gasteiger partial charge in [-0.2, -0.15) is 0 Å². The van der Waals surface area contributed by atoms with Crippen LogP contribution in [-0.4, -0.2) is 16.6 Å². The highest BCUT2D eigenvalue weighted by Crippen LogP contribution is 2.14. The Kier molecular flexibility index (Phi) is 2.57. The Bertz CT molecular complexity index is 91.2. The first-order valence-corrected chi connectivity index (χ1v) is 3.03. The first kappa shape index (κ1) is 8.05. The lowest BCUT2D eigenvalue weighted by Gasteiger charge is -2.16. The van der Waals surface area contributed by atoms with Crippen molar-refractivity contribution in [3.63, 3.8) is 0 Å². The van der Waals surface area contributed by atoms with Crippen molar-refractivity contribution >= 4 is 17.1 Å². The summed E-state index contributed by atoms with van der Waals surface area (Å²) in [6.07, 6.45) is 0. The van der Waals surface area contributed by atoms with Gasteiger partial charge in [-0.3, -0.25) is 0 Å². The number of rotatable bonds is 1. The average molecular weight is 132 g/mol. The van der Waals surface area contributed by atoms with Crippen molar-refractivity contribution in [3.05, 3.63) is 0 Å². The van der Waals surface area contributed by atoms with Crippen molar-refractivity contribution < 1.29 is 5.11 Å². The normalized spacial score (nSPS) is 11.5. The van der Waals surface area contributed by atoms with Crippen LogP contribution in [0.15, 0.2) is 0 Å². The second kappa shape index (κ2) is 2.55. The molecule has 0 saturated carbocycles. The Labute approximate surface area is 55.7 Å². The maximum Gasteiger partial charge on any atom is 0.0749 e. The lowest BCUT2D eigenvalue weighted by Crippen LogP contribution is -2.20. The molecule has 0 aliphatic rings. The van der Waals surface area contributed by atoms with Crippen LogP contribution in [0.4, 0.5) is 0 Å². The molecule has 0 aliphatic heterocycles. The molecule has 1 nitrogen and oxygen atoms in total. The van der Waals surface area contributed by atoms with E-state index in [1.807, 2.05) is 20.8 Å². The third kappa shape index (κ3) is 2.38. The molecule has 48 valence electrons. The van der Waals surface area contributed by atoms with Gasteiger partial charge in [0.25, 0.3) is 0 Å². The summed E-state index contributed by atoms with van der Waals surface area (Å²) in [6.45, 7) is 6.00.